The van der Waals surface area contributed by atoms with Crippen molar-refractivity contribution >= 4 is 16.6 Å². The standard InChI is InChI=1S/C24H17F3N4/c1-24(2,17-5-6-21-14(8-17)4-3-7-28-21)23-30-29-22-20(27)11-16(13-31(22)23)15-9-18(25)12-19(26)10-15/h3-13H,1-2H3. The van der Waals surface area contributed by atoms with Crippen LogP contribution in [0.25, 0.3) is 27.7 Å². The van der Waals surface area contributed by atoms with E-state index < -0.39 is 22.9 Å². The van der Waals surface area contributed by atoms with E-state index in [-0.39, 0.29) is 11.2 Å². The number of nitrogens with zero attached hydrogens (tertiary/aromatic N) is 4. The molecule has 7 heteroatoms. The second-order valence-corrected chi connectivity index (χ2v) is 7.99. The largest absolute Gasteiger partial charge is 0.283 e. The lowest BCUT2D eigenvalue weighted by atomic mass is 9.83. The van der Waals surface area contributed by atoms with E-state index in [1.54, 1.807) is 16.8 Å². The number of halogens is 3. The fourth-order valence-corrected chi connectivity index (χ4v) is 3.85. The Kier molecular flexibility index (Phi) is 4.28. The highest BCUT2D eigenvalue weighted by atomic mass is 19.1. The minimum absolute atomic E-state index is 0.0474. The van der Waals surface area contributed by atoms with E-state index in [0.29, 0.717) is 11.4 Å². The molecule has 2 aromatic carbocycles. The number of benzene rings is 2. The highest BCUT2D eigenvalue weighted by Gasteiger charge is 2.30. The minimum Gasteiger partial charge on any atom is -0.283 e. The van der Waals surface area contributed by atoms with Crippen LogP contribution >= 0.6 is 0 Å². The summed E-state index contributed by atoms with van der Waals surface area (Å²) >= 11 is 0. The van der Waals surface area contributed by atoms with E-state index in [1.165, 1.54) is 6.07 Å². The molecule has 0 aliphatic heterocycles. The van der Waals surface area contributed by atoms with Crippen LogP contribution in [-0.4, -0.2) is 19.6 Å². The highest BCUT2D eigenvalue weighted by Crippen LogP contribution is 2.33. The van der Waals surface area contributed by atoms with Crippen LogP contribution in [0.4, 0.5) is 13.2 Å². The fraction of sp³-hybridized carbons (Fsp3) is 0.125. The van der Waals surface area contributed by atoms with Crippen molar-refractivity contribution < 1.29 is 13.2 Å². The van der Waals surface area contributed by atoms with Gasteiger partial charge in [-0.3, -0.25) is 9.38 Å². The van der Waals surface area contributed by atoms with E-state index >= 15 is 0 Å². The molecule has 0 N–H and O–H groups in total. The molecule has 154 valence electrons. The summed E-state index contributed by atoms with van der Waals surface area (Å²) in [6, 6.07) is 14.0. The zero-order chi connectivity index (χ0) is 21.8. The fourth-order valence-electron chi connectivity index (χ4n) is 3.85. The molecule has 3 heterocycles. The summed E-state index contributed by atoms with van der Waals surface area (Å²) < 4.78 is 43.8. The van der Waals surface area contributed by atoms with E-state index in [4.69, 9.17) is 0 Å². The van der Waals surface area contributed by atoms with Gasteiger partial charge >= 0.3 is 0 Å². The van der Waals surface area contributed by atoms with Crippen molar-refractivity contribution in [3.63, 3.8) is 0 Å². The Balaban J connectivity index is 1.69. The van der Waals surface area contributed by atoms with Gasteiger partial charge in [0.25, 0.3) is 0 Å². The summed E-state index contributed by atoms with van der Waals surface area (Å²) in [6.45, 7) is 3.93. The molecule has 0 radical (unpaired) electrons. The van der Waals surface area contributed by atoms with E-state index in [1.807, 2.05) is 44.2 Å². The maximum Gasteiger partial charge on any atom is 0.196 e. The predicted molar refractivity (Wildman–Crippen MR) is 112 cm³/mol. The first-order chi connectivity index (χ1) is 14.8. The molecule has 5 rings (SSSR count). The number of aromatic nitrogens is 4. The average Bonchev–Trinajstić information content (AvgIpc) is 3.18. The Bertz CT molecular complexity index is 1440. The maximum absolute atomic E-state index is 14.8. The van der Waals surface area contributed by atoms with Gasteiger partial charge in [0.2, 0.25) is 0 Å². The van der Waals surface area contributed by atoms with Gasteiger partial charge in [0.15, 0.2) is 11.5 Å². The Labute approximate surface area is 176 Å². The SMILES string of the molecule is CC(C)(c1ccc2ncccc2c1)c1nnc2c(F)cc(-c3cc(F)cc(F)c3)cn12. The molecular weight excluding hydrogens is 401 g/mol. The monoisotopic (exact) mass is 418 g/mol. The highest BCUT2D eigenvalue weighted by molar-refractivity contribution is 5.79. The summed E-state index contributed by atoms with van der Waals surface area (Å²) in [5.41, 5.74) is 1.78. The van der Waals surface area contributed by atoms with Crippen LogP contribution in [0, 0.1) is 17.5 Å². The molecule has 0 fully saturated rings. The number of hydrogen-bond acceptors (Lipinski definition) is 3. The molecule has 3 aromatic heterocycles. The lowest BCUT2D eigenvalue weighted by Gasteiger charge is -2.24. The lowest BCUT2D eigenvalue weighted by molar-refractivity contribution is 0.579. The van der Waals surface area contributed by atoms with Crippen molar-refractivity contribution in [2.75, 3.05) is 0 Å². The van der Waals surface area contributed by atoms with Gasteiger partial charge in [0.05, 0.1) is 10.9 Å². The van der Waals surface area contributed by atoms with E-state index in [9.17, 15) is 13.2 Å². The van der Waals surface area contributed by atoms with Gasteiger partial charge in [-0.05, 0) is 61.4 Å². The first-order valence-electron chi connectivity index (χ1n) is 9.69. The lowest BCUT2D eigenvalue weighted by Crippen LogP contribution is -2.22. The minimum atomic E-state index is -0.732. The molecule has 0 atom stereocenters. The van der Waals surface area contributed by atoms with Crippen molar-refractivity contribution in [1.82, 2.24) is 19.6 Å². The zero-order valence-electron chi connectivity index (χ0n) is 16.8. The number of rotatable bonds is 3. The summed E-state index contributed by atoms with van der Waals surface area (Å²) in [6.07, 6.45) is 3.34. The van der Waals surface area contributed by atoms with Gasteiger partial charge in [-0.1, -0.05) is 12.1 Å². The van der Waals surface area contributed by atoms with Crippen molar-refractivity contribution in [3.8, 4) is 11.1 Å². The molecule has 0 amide bonds. The van der Waals surface area contributed by atoms with Crippen LogP contribution in [0.3, 0.4) is 0 Å². The van der Waals surface area contributed by atoms with Gasteiger partial charge in [0, 0.05) is 29.4 Å². The van der Waals surface area contributed by atoms with Crippen molar-refractivity contribution in [2.45, 2.75) is 19.3 Å². The normalized spacial score (nSPS) is 12.0. The van der Waals surface area contributed by atoms with E-state index in [2.05, 4.69) is 15.2 Å². The Morgan fingerprint density at radius 2 is 1.61 bits per heavy atom. The van der Waals surface area contributed by atoms with Gasteiger partial charge in [-0.25, -0.2) is 13.2 Å². The summed E-state index contributed by atoms with van der Waals surface area (Å²) in [4.78, 5) is 4.34. The molecule has 4 nitrogen and oxygen atoms in total. The van der Waals surface area contributed by atoms with Gasteiger partial charge in [0.1, 0.15) is 17.5 Å². The van der Waals surface area contributed by atoms with Crippen LogP contribution in [-0.2, 0) is 5.41 Å². The topological polar surface area (TPSA) is 43.1 Å². The summed E-state index contributed by atoms with van der Waals surface area (Å²) in [5, 5.41) is 9.26. The summed E-state index contributed by atoms with van der Waals surface area (Å²) in [5.74, 6) is -1.59. The molecule has 0 bridgehead atoms. The summed E-state index contributed by atoms with van der Waals surface area (Å²) in [7, 11) is 0. The van der Waals surface area contributed by atoms with Crippen molar-refractivity contribution in [1.29, 1.82) is 0 Å². The quantitative estimate of drug-likeness (QED) is 0.378. The molecule has 0 aliphatic rings. The van der Waals surface area contributed by atoms with Crippen molar-refractivity contribution in [3.05, 3.63) is 95.8 Å². The number of fused-ring (bicyclic) bond motifs is 2. The molecule has 5 aromatic rings. The maximum atomic E-state index is 14.8. The van der Waals surface area contributed by atoms with Gasteiger partial charge in [-0.15, -0.1) is 10.2 Å². The number of hydrogen-bond donors (Lipinski definition) is 0. The third kappa shape index (κ3) is 3.22. The third-order valence-electron chi connectivity index (χ3n) is 5.54. The smallest absolute Gasteiger partial charge is 0.196 e. The van der Waals surface area contributed by atoms with Crippen LogP contribution in [0.15, 0.2) is 67.0 Å². The third-order valence-corrected chi connectivity index (χ3v) is 5.54. The first-order valence-corrected chi connectivity index (χ1v) is 9.69. The molecule has 0 aliphatic carbocycles. The molecule has 0 spiro atoms. The Morgan fingerprint density at radius 3 is 2.39 bits per heavy atom. The average molecular weight is 418 g/mol. The Hall–Kier alpha value is -3.74. The second-order valence-electron chi connectivity index (χ2n) is 7.99. The van der Waals surface area contributed by atoms with Crippen LogP contribution < -0.4 is 0 Å². The second kappa shape index (κ2) is 6.91. The van der Waals surface area contributed by atoms with E-state index in [0.717, 1.165) is 34.7 Å². The Morgan fingerprint density at radius 1 is 0.839 bits per heavy atom. The van der Waals surface area contributed by atoms with Gasteiger partial charge in [-0.2, -0.15) is 0 Å². The van der Waals surface area contributed by atoms with Crippen LogP contribution in [0.5, 0.6) is 0 Å². The molecule has 31 heavy (non-hydrogen) atoms. The molecule has 0 saturated heterocycles. The van der Waals surface area contributed by atoms with Crippen LogP contribution in [0.2, 0.25) is 0 Å². The van der Waals surface area contributed by atoms with Gasteiger partial charge < -0.3 is 0 Å². The first kappa shape index (κ1) is 19.2. The predicted octanol–water partition coefficient (Wildman–Crippen LogP) is 5.69. The molecular formula is C24H17F3N4. The number of pyridine rings is 2. The van der Waals surface area contributed by atoms with Crippen LogP contribution in [0.1, 0.15) is 25.2 Å². The molecule has 0 unspecified atom stereocenters. The van der Waals surface area contributed by atoms with Crippen molar-refractivity contribution in [2.24, 2.45) is 0 Å². The zero-order valence-corrected chi connectivity index (χ0v) is 16.8. The molecule has 0 saturated carbocycles.